The molecule has 0 unspecified atom stereocenters. The lowest BCUT2D eigenvalue weighted by Gasteiger charge is -2.13. The van der Waals surface area contributed by atoms with Gasteiger partial charge in [-0.2, -0.15) is 0 Å². The molecular weight excluding hydrogens is 310 g/mol. The van der Waals surface area contributed by atoms with Gasteiger partial charge in [0.2, 0.25) is 5.91 Å². The molecule has 1 aromatic heterocycles. The average molecular weight is 331 g/mol. The molecule has 0 radical (unpaired) electrons. The van der Waals surface area contributed by atoms with Crippen LogP contribution in [0.2, 0.25) is 0 Å². The number of carbonyl (C=O) groups excluding carboxylic acids is 1. The first-order valence-corrected chi connectivity index (χ1v) is 9.02. The van der Waals surface area contributed by atoms with Crippen molar-refractivity contribution in [2.45, 2.75) is 50.4 Å². The molecule has 1 aliphatic carbocycles. The molecule has 6 heteroatoms. The zero-order chi connectivity index (χ0) is 16.4. The maximum absolute atomic E-state index is 12.7. The molecule has 122 valence electrons. The van der Waals surface area contributed by atoms with Gasteiger partial charge in [-0.05, 0) is 38.3 Å². The van der Waals surface area contributed by atoms with E-state index < -0.39 is 0 Å². The van der Waals surface area contributed by atoms with Gasteiger partial charge in [-0.15, -0.1) is 0 Å². The molecule has 1 atom stereocenters. The number of benzene rings is 1. The first-order chi connectivity index (χ1) is 11.1. The number of rotatable bonds is 6. The second-order valence-electron chi connectivity index (χ2n) is 5.98. The van der Waals surface area contributed by atoms with Crippen LogP contribution in [0.3, 0.4) is 0 Å². The number of thioether (sulfide) groups is 1. The van der Waals surface area contributed by atoms with Crippen molar-refractivity contribution in [1.82, 2.24) is 14.9 Å². The Kier molecular flexibility index (Phi) is 4.71. The fourth-order valence-corrected chi connectivity index (χ4v) is 3.31. The van der Waals surface area contributed by atoms with E-state index in [9.17, 15) is 9.59 Å². The SMILES string of the molecule is CC[C@@H](C)NC(=O)CSc1nc2ccccc2c(=O)n1C1CC1. The van der Waals surface area contributed by atoms with Gasteiger partial charge in [-0.25, -0.2) is 4.98 Å². The van der Waals surface area contributed by atoms with Crippen LogP contribution in [0, 0.1) is 0 Å². The molecule has 1 saturated carbocycles. The molecule has 1 aliphatic rings. The summed E-state index contributed by atoms with van der Waals surface area (Å²) in [4.78, 5) is 29.3. The lowest BCUT2D eigenvalue weighted by atomic mass is 10.2. The molecule has 1 amide bonds. The summed E-state index contributed by atoms with van der Waals surface area (Å²) in [6, 6.07) is 7.79. The fourth-order valence-electron chi connectivity index (χ4n) is 2.43. The van der Waals surface area contributed by atoms with E-state index >= 15 is 0 Å². The summed E-state index contributed by atoms with van der Waals surface area (Å²) in [6.07, 6.45) is 2.91. The van der Waals surface area contributed by atoms with E-state index in [2.05, 4.69) is 10.3 Å². The van der Waals surface area contributed by atoms with Crippen molar-refractivity contribution >= 4 is 28.6 Å². The summed E-state index contributed by atoms with van der Waals surface area (Å²) in [5, 5.41) is 4.24. The van der Waals surface area contributed by atoms with E-state index in [1.165, 1.54) is 11.8 Å². The number of fused-ring (bicyclic) bond motifs is 1. The summed E-state index contributed by atoms with van der Waals surface area (Å²) < 4.78 is 1.77. The smallest absolute Gasteiger partial charge is 0.262 e. The summed E-state index contributed by atoms with van der Waals surface area (Å²) in [7, 11) is 0. The largest absolute Gasteiger partial charge is 0.353 e. The third-order valence-electron chi connectivity index (χ3n) is 4.04. The molecule has 1 N–H and O–H groups in total. The molecule has 0 bridgehead atoms. The Labute approximate surface area is 139 Å². The maximum atomic E-state index is 12.7. The van der Waals surface area contributed by atoms with Gasteiger partial charge in [0, 0.05) is 12.1 Å². The Balaban J connectivity index is 1.86. The first-order valence-electron chi connectivity index (χ1n) is 8.03. The van der Waals surface area contributed by atoms with Crippen LogP contribution in [0.15, 0.2) is 34.2 Å². The Morgan fingerprint density at radius 1 is 1.43 bits per heavy atom. The number of nitrogens with one attached hydrogen (secondary N) is 1. The normalized spacial score (nSPS) is 15.6. The molecule has 1 aromatic carbocycles. The van der Waals surface area contributed by atoms with E-state index in [1.807, 2.05) is 38.1 Å². The van der Waals surface area contributed by atoms with Crippen molar-refractivity contribution in [2.75, 3.05) is 5.75 Å². The molecular formula is C17H21N3O2S. The van der Waals surface area contributed by atoms with Crippen molar-refractivity contribution < 1.29 is 4.79 Å². The highest BCUT2D eigenvalue weighted by molar-refractivity contribution is 7.99. The Bertz CT molecular complexity index is 783. The monoisotopic (exact) mass is 331 g/mol. The maximum Gasteiger partial charge on any atom is 0.262 e. The highest BCUT2D eigenvalue weighted by Crippen LogP contribution is 2.36. The van der Waals surface area contributed by atoms with Crippen molar-refractivity contribution in [2.24, 2.45) is 0 Å². The quantitative estimate of drug-likeness (QED) is 0.653. The van der Waals surface area contributed by atoms with E-state index in [-0.39, 0.29) is 29.3 Å². The summed E-state index contributed by atoms with van der Waals surface area (Å²) >= 11 is 1.34. The Morgan fingerprint density at radius 3 is 2.87 bits per heavy atom. The molecule has 1 heterocycles. The van der Waals surface area contributed by atoms with Gasteiger partial charge in [0.25, 0.3) is 5.56 Å². The van der Waals surface area contributed by atoms with Crippen LogP contribution >= 0.6 is 11.8 Å². The second-order valence-corrected chi connectivity index (χ2v) is 6.93. The molecule has 1 fully saturated rings. The number of carbonyl (C=O) groups is 1. The number of hydrogen-bond donors (Lipinski definition) is 1. The van der Waals surface area contributed by atoms with Crippen LogP contribution in [-0.4, -0.2) is 27.3 Å². The fraction of sp³-hybridized carbons (Fsp3) is 0.471. The van der Waals surface area contributed by atoms with Gasteiger partial charge >= 0.3 is 0 Å². The van der Waals surface area contributed by atoms with Crippen molar-refractivity contribution in [3.63, 3.8) is 0 Å². The van der Waals surface area contributed by atoms with Crippen LogP contribution in [0.5, 0.6) is 0 Å². The minimum Gasteiger partial charge on any atom is -0.353 e. The van der Waals surface area contributed by atoms with Gasteiger partial charge in [0.1, 0.15) is 0 Å². The summed E-state index contributed by atoms with van der Waals surface area (Å²) in [5.74, 6) is 0.260. The second kappa shape index (κ2) is 6.74. The van der Waals surface area contributed by atoms with E-state index in [1.54, 1.807) is 4.57 Å². The van der Waals surface area contributed by atoms with Gasteiger partial charge in [0.15, 0.2) is 5.16 Å². The molecule has 0 aliphatic heterocycles. The number of para-hydroxylation sites is 1. The zero-order valence-corrected chi connectivity index (χ0v) is 14.2. The number of nitrogens with zero attached hydrogens (tertiary/aromatic N) is 2. The van der Waals surface area contributed by atoms with E-state index in [0.717, 1.165) is 19.3 Å². The van der Waals surface area contributed by atoms with Gasteiger partial charge < -0.3 is 5.32 Å². The number of aromatic nitrogens is 2. The molecule has 0 spiro atoms. The highest BCUT2D eigenvalue weighted by Gasteiger charge is 2.28. The van der Waals surface area contributed by atoms with Crippen LogP contribution in [-0.2, 0) is 4.79 Å². The lowest BCUT2D eigenvalue weighted by molar-refractivity contribution is -0.119. The van der Waals surface area contributed by atoms with Crippen LogP contribution in [0.25, 0.3) is 10.9 Å². The Hall–Kier alpha value is -1.82. The van der Waals surface area contributed by atoms with Crippen molar-refractivity contribution in [3.8, 4) is 0 Å². The van der Waals surface area contributed by atoms with E-state index in [4.69, 9.17) is 0 Å². The zero-order valence-electron chi connectivity index (χ0n) is 13.4. The molecule has 23 heavy (non-hydrogen) atoms. The Morgan fingerprint density at radius 2 is 2.17 bits per heavy atom. The third-order valence-corrected chi connectivity index (χ3v) is 4.99. The predicted octanol–water partition coefficient (Wildman–Crippen LogP) is 2.74. The summed E-state index contributed by atoms with van der Waals surface area (Å²) in [6.45, 7) is 4.02. The highest BCUT2D eigenvalue weighted by atomic mass is 32.2. The molecule has 2 aromatic rings. The van der Waals surface area contributed by atoms with Gasteiger partial charge in [0.05, 0.1) is 16.7 Å². The van der Waals surface area contributed by atoms with Crippen LogP contribution in [0.4, 0.5) is 0 Å². The van der Waals surface area contributed by atoms with Gasteiger partial charge in [-0.3, -0.25) is 14.2 Å². The minimum absolute atomic E-state index is 0.00272. The first kappa shape index (κ1) is 16.1. The summed E-state index contributed by atoms with van der Waals surface area (Å²) in [5.41, 5.74) is 0.696. The van der Waals surface area contributed by atoms with Crippen LogP contribution in [0.1, 0.15) is 39.2 Å². The van der Waals surface area contributed by atoms with Gasteiger partial charge in [-0.1, -0.05) is 30.8 Å². The van der Waals surface area contributed by atoms with Crippen molar-refractivity contribution in [3.05, 3.63) is 34.6 Å². The van der Waals surface area contributed by atoms with Crippen molar-refractivity contribution in [1.29, 1.82) is 0 Å². The molecule has 0 saturated heterocycles. The number of hydrogen-bond acceptors (Lipinski definition) is 4. The molecule has 5 nitrogen and oxygen atoms in total. The minimum atomic E-state index is -0.0193. The average Bonchev–Trinajstić information content (AvgIpc) is 3.37. The predicted molar refractivity (Wildman–Crippen MR) is 92.9 cm³/mol. The van der Waals surface area contributed by atoms with E-state index in [0.29, 0.717) is 16.1 Å². The third kappa shape index (κ3) is 3.58. The lowest BCUT2D eigenvalue weighted by Crippen LogP contribution is -2.33. The number of amides is 1. The molecule has 3 rings (SSSR count). The van der Waals surface area contributed by atoms with Crippen LogP contribution < -0.4 is 10.9 Å². The topological polar surface area (TPSA) is 64.0 Å². The standard InChI is InChI=1S/C17H21N3O2S/c1-3-11(2)18-15(21)10-23-17-19-14-7-5-4-6-13(14)16(22)20(17)12-8-9-12/h4-7,11-12H,3,8-10H2,1-2H3,(H,18,21)/t11-/m1/s1.